The zero-order valence-corrected chi connectivity index (χ0v) is 10.2. The third-order valence-corrected chi connectivity index (χ3v) is 3.25. The molecule has 0 amide bonds. The molecule has 2 rings (SSSR count). The maximum atomic E-state index is 4.38. The van der Waals surface area contributed by atoms with E-state index in [1.54, 1.807) is 0 Å². The summed E-state index contributed by atoms with van der Waals surface area (Å²) in [5.41, 5.74) is 3.07. The van der Waals surface area contributed by atoms with Crippen LogP contribution in [0.3, 0.4) is 0 Å². The lowest BCUT2D eigenvalue weighted by molar-refractivity contribution is 1.06. The zero-order valence-electron chi connectivity index (χ0n) is 7.78. The van der Waals surface area contributed by atoms with Gasteiger partial charge in [-0.15, -0.1) is 10.2 Å². The lowest BCUT2D eigenvalue weighted by Crippen LogP contribution is -1.89. The van der Waals surface area contributed by atoms with Crippen molar-refractivity contribution in [2.75, 3.05) is 0 Å². The van der Waals surface area contributed by atoms with Crippen molar-refractivity contribution in [1.29, 1.82) is 0 Å². The van der Waals surface area contributed by atoms with E-state index in [-0.39, 0.29) is 0 Å². The maximum Gasteiger partial charge on any atom is 0.183 e. The molecule has 0 aromatic carbocycles. The van der Waals surface area contributed by atoms with Gasteiger partial charge in [0.05, 0.1) is 0 Å². The van der Waals surface area contributed by atoms with E-state index in [0.717, 1.165) is 25.9 Å². The van der Waals surface area contributed by atoms with Crippen LogP contribution in [0.1, 0.15) is 11.4 Å². The summed E-state index contributed by atoms with van der Waals surface area (Å²) in [6.45, 7) is 3.96. The van der Waals surface area contributed by atoms with E-state index in [2.05, 4.69) is 31.1 Å². The molecule has 0 unspecified atom stereocenters. The van der Waals surface area contributed by atoms with Crippen LogP contribution in [0.15, 0.2) is 16.0 Å². The molecule has 5 heteroatoms. The quantitative estimate of drug-likeness (QED) is 0.799. The summed E-state index contributed by atoms with van der Waals surface area (Å²) in [7, 11) is 0. The van der Waals surface area contributed by atoms with Crippen LogP contribution in [-0.4, -0.2) is 15.2 Å². The number of nitrogens with zero attached hydrogens (tertiary/aromatic N) is 3. The van der Waals surface area contributed by atoms with Crippen LogP contribution < -0.4 is 0 Å². The summed E-state index contributed by atoms with van der Waals surface area (Å²) >= 11 is 4.81. The molecule has 0 aliphatic carbocycles. The summed E-state index contributed by atoms with van der Waals surface area (Å²) < 4.78 is 0.799. The molecule has 0 fully saturated rings. The van der Waals surface area contributed by atoms with E-state index in [1.807, 2.05) is 26.0 Å². The van der Waals surface area contributed by atoms with E-state index < -0.39 is 0 Å². The standard InChI is InChI=1S/C9H8BrN3S/c1-5-3-4-7(6(2)11-5)8-12-13-9(10)14-8/h3-4H,1-2H3. The number of halogens is 1. The first-order valence-electron chi connectivity index (χ1n) is 4.10. The SMILES string of the molecule is Cc1ccc(-c2nnc(Br)s2)c(C)n1. The van der Waals surface area contributed by atoms with Gasteiger partial charge in [0, 0.05) is 17.0 Å². The molecule has 0 N–H and O–H groups in total. The molecule has 0 aliphatic rings. The van der Waals surface area contributed by atoms with Gasteiger partial charge < -0.3 is 0 Å². The highest BCUT2D eigenvalue weighted by Crippen LogP contribution is 2.27. The third-order valence-electron chi connectivity index (χ3n) is 1.86. The average molecular weight is 270 g/mol. The van der Waals surface area contributed by atoms with Gasteiger partial charge in [-0.1, -0.05) is 11.3 Å². The van der Waals surface area contributed by atoms with Crippen LogP contribution >= 0.6 is 27.3 Å². The zero-order chi connectivity index (χ0) is 10.1. The number of hydrogen-bond donors (Lipinski definition) is 0. The van der Waals surface area contributed by atoms with E-state index in [4.69, 9.17) is 0 Å². The second-order valence-corrected chi connectivity index (χ2v) is 5.20. The van der Waals surface area contributed by atoms with E-state index >= 15 is 0 Å². The molecule has 0 spiro atoms. The second kappa shape index (κ2) is 3.74. The topological polar surface area (TPSA) is 38.7 Å². The van der Waals surface area contributed by atoms with Crippen LogP contribution in [0.2, 0.25) is 0 Å². The summed E-state index contributed by atoms with van der Waals surface area (Å²) in [5.74, 6) is 0. The van der Waals surface area contributed by atoms with Gasteiger partial charge in [-0.25, -0.2) is 0 Å². The van der Waals surface area contributed by atoms with Gasteiger partial charge in [0.1, 0.15) is 5.01 Å². The average Bonchev–Trinajstić information content (AvgIpc) is 2.51. The summed E-state index contributed by atoms with van der Waals surface area (Å²) in [4.78, 5) is 4.38. The summed E-state index contributed by atoms with van der Waals surface area (Å²) in [6.07, 6.45) is 0. The Morgan fingerprint density at radius 1 is 1.21 bits per heavy atom. The highest BCUT2D eigenvalue weighted by Gasteiger charge is 2.08. The van der Waals surface area contributed by atoms with Crippen molar-refractivity contribution < 1.29 is 0 Å². The second-order valence-electron chi connectivity index (χ2n) is 2.95. The van der Waals surface area contributed by atoms with Crippen molar-refractivity contribution in [3.63, 3.8) is 0 Å². The molecule has 0 radical (unpaired) electrons. The van der Waals surface area contributed by atoms with Gasteiger partial charge in [0.2, 0.25) is 0 Å². The molecule has 2 aromatic heterocycles. The smallest absolute Gasteiger partial charge is 0.183 e. The molecule has 0 bridgehead atoms. The van der Waals surface area contributed by atoms with E-state index in [1.165, 1.54) is 11.3 Å². The summed E-state index contributed by atoms with van der Waals surface area (Å²) in [5, 5.41) is 8.88. The maximum absolute atomic E-state index is 4.38. The molecular weight excluding hydrogens is 262 g/mol. The van der Waals surface area contributed by atoms with Crippen LogP contribution in [0, 0.1) is 13.8 Å². The molecule has 72 valence electrons. The highest BCUT2D eigenvalue weighted by atomic mass is 79.9. The minimum absolute atomic E-state index is 0.799. The van der Waals surface area contributed by atoms with Crippen LogP contribution in [0.5, 0.6) is 0 Å². The minimum atomic E-state index is 0.799. The molecule has 3 nitrogen and oxygen atoms in total. The van der Waals surface area contributed by atoms with E-state index in [0.29, 0.717) is 0 Å². The van der Waals surface area contributed by atoms with Crippen molar-refractivity contribution in [2.24, 2.45) is 0 Å². The minimum Gasteiger partial charge on any atom is -0.258 e. The molecule has 14 heavy (non-hydrogen) atoms. The first-order valence-corrected chi connectivity index (χ1v) is 5.71. The van der Waals surface area contributed by atoms with Crippen LogP contribution in [-0.2, 0) is 0 Å². The fourth-order valence-corrected chi connectivity index (χ4v) is 2.41. The Labute approximate surface area is 94.4 Å². The van der Waals surface area contributed by atoms with Crippen molar-refractivity contribution >= 4 is 27.3 Å². The number of rotatable bonds is 1. The van der Waals surface area contributed by atoms with Crippen LogP contribution in [0.25, 0.3) is 10.6 Å². The first-order chi connectivity index (χ1) is 6.66. The monoisotopic (exact) mass is 269 g/mol. The van der Waals surface area contributed by atoms with Gasteiger partial charge >= 0.3 is 0 Å². The largest absolute Gasteiger partial charge is 0.258 e. The van der Waals surface area contributed by atoms with Crippen molar-refractivity contribution in [1.82, 2.24) is 15.2 Å². The Kier molecular flexibility index (Phi) is 2.60. The Balaban J connectivity index is 2.52. The Hall–Kier alpha value is -0.810. The van der Waals surface area contributed by atoms with Crippen molar-refractivity contribution in [3.8, 4) is 10.6 Å². The van der Waals surface area contributed by atoms with Gasteiger partial charge in [-0.05, 0) is 41.9 Å². The number of aromatic nitrogens is 3. The Bertz CT molecular complexity index is 467. The molecule has 0 atom stereocenters. The lowest BCUT2D eigenvalue weighted by atomic mass is 10.2. The third kappa shape index (κ3) is 1.83. The van der Waals surface area contributed by atoms with Gasteiger partial charge in [0.15, 0.2) is 3.92 Å². The van der Waals surface area contributed by atoms with Crippen LogP contribution in [0.4, 0.5) is 0 Å². The fraction of sp³-hybridized carbons (Fsp3) is 0.222. The Morgan fingerprint density at radius 3 is 2.57 bits per heavy atom. The van der Waals surface area contributed by atoms with Gasteiger partial charge in [-0.2, -0.15) is 0 Å². The number of aryl methyl sites for hydroxylation is 2. The van der Waals surface area contributed by atoms with Crippen molar-refractivity contribution in [2.45, 2.75) is 13.8 Å². The number of hydrogen-bond acceptors (Lipinski definition) is 4. The molecule has 0 saturated carbocycles. The molecule has 0 saturated heterocycles. The van der Waals surface area contributed by atoms with Gasteiger partial charge in [0.25, 0.3) is 0 Å². The predicted octanol–water partition coefficient (Wildman–Crippen LogP) is 2.98. The van der Waals surface area contributed by atoms with Crippen molar-refractivity contribution in [3.05, 3.63) is 27.4 Å². The fourth-order valence-electron chi connectivity index (χ4n) is 1.23. The summed E-state index contributed by atoms with van der Waals surface area (Å²) in [6, 6.07) is 4.02. The molecule has 2 heterocycles. The predicted molar refractivity (Wildman–Crippen MR) is 60.3 cm³/mol. The molecular formula is C9H8BrN3S. The van der Waals surface area contributed by atoms with Gasteiger partial charge in [-0.3, -0.25) is 4.98 Å². The van der Waals surface area contributed by atoms with E-state index in [9.17, 15) is 0 Å². The molecule has 2 aromatic rings. The number of pyridine rings is 1. The normalized spacial score (nSPS) is 10.5. The lowest BCUT2D eigenvalue weighted by Gasteiger charge is -2.00. The molecule has 0 aliphatic heterocycles. The highest BCUT2D eigenvalue weighted by molar-refractivity contribution is 9.11. The Morgan fingerprint density at radius 2 is 2.00 bits per heavy atom. The first kappa shape index (κ1) is 9.73.